The Labute approximate surface area is 145 Å². The van der Waals surface area contributed by atoms with Crippen molar-refractivity contribution < 1.29 is 4.39 Å². The van der Waals surface area contributed by atoms with E-state index in [1.807, 2.05) is 37.2 Å². The summed E-state index contributed by atoms with van der Waals surface area (Å²) in [4.78, 5) is 10.9. The Kier molecular flexibility index (Phi) is 6.27. The molecule has 1 N–H and O–H groups in total. The first-order valence-corrected chi connectivity index (χ1v) is 8.50. The fraction of sp³-hybridized carbons (Fsp3) is 0.353. The number of aliphatic imine (C=N–C) groups is 1. The van der Waals surface area contributed by atoms with Gasteiger partial charge in [-0.3, -0.25) is 0 Å². The normalized spacial score (nSPS) is 11.2. The summed E-state index contributed by atoms with van der Waals surface area (Å²) in [7, 11) is 1.92. The van der Waals surface area contributed by atoms with Crippen molar-refractivity contribution in [3.63, 3.8) is 0 Å². The number of nitrogens with one attached hydrogen (secondary N) is 1. The number of hydrogen-bond acceptors (Lipinski definition) is 4. The van der Waals surface area contributed by atoms with Gasteiger partial charge in [-0.15, -0.1) is 11.3 Å². The van der Waals surface area contributed by atoms with E-state index in [0.717, 1.165) is 17.2 Å². The third kappa shape index (κ3) is 4.77. The molecule has 0 radical (unpaired) electrons. The van der Waals surface area contributed by atoms with Gasteiger partial charge in [0, 0.05) is 24.5 Å². The molecular weight excluding hydrogens is 325 g/mol. The van der Waals surface area contributed by atoms with Crippen molar-refractivity contribution in [2.24, 2.45) is 4.99 Å². The van der Waals surface area contributed by atoms with Crippen molar-refractivity contribution in [2.45, 2.75) is 26.9 Å². The van der Waals surface area contributed by atoms with Crippen LogP contribution in [0, 0.1) is 24.1 Å². The largest absolute Gasteiger partial charge is 0.357 e. The minimum absolute atomic E-state index is 0.209. The number of thiazole rings is 1. The van der Waals surface area contributed by atoms with Crippen LogP contribution in [-0.2, 0) is 13.1 Å². The van der Waals surface area contributed by atoms with Gasteiger partial charge < -0.3 is 10.2 Å². The van der Waals surface area contributed by atoms with Gasteiger partial charge in [-0.1, -0.05) is 6.07 Å². The molecule has 0 bridgehead atoms. The Bertz CT molecular complexity index is 763. The number of aryl methyl sites for hydroxylation is 1. The van der Waals surface area contributed by atoms with Crippen LogP contribution in [0.25, 0.3) is 0 Å². The lowest BCUT2D eigenvalue weighted by atomic mass is 10.1. The zero-order valence-corrected chi connectivity index (χ0v) is 14.8. The molecule has 0 saturated carbocycles. The highest BCUT2D eigenvalue weighted by Crippen LogP contribution is 2.12. The highest BCUT2D eigenvalue weighted by atomic mass is 32.1. The summed E-state index contributed by atoms with van der Waals surface area (Å²) in [6, 6.07) is 6.36. The van der Waals surface area contributed by atoms with Gasteiger partial charge >= 0.3 is 0 Å². The second-order valence-corrected chi connectivity index (χ2v) is 6.36. The molecule has 7 heteroatoms. The number of aromatic nitrogens is 1. The maximum Gasteiger partial charge on any atom is 0.194 e. The Morgan fingerprint density at radius 1 is 1.50 bits per heavy atom. The Morgan fingerprint density at radius 3 is 2.88 bits per heavy atom. The molecule has 0 aliphatic heterocycles. The molecule has 5 nitrogen and oxygen atoms in total. The monoisotopic (exact) mass is 345 g/mol. The van der Waals surface area contributed by atoms with E-state index in [9.17, 15) is 4.39 Å². The van der Waals surface area contributed by atoms with Gasteiger partial charge in [0.15, 0.2) is 5.96 Å². The van der Waals surface area contributed by atoms with Crippen LogP contribution in [0.5, 0.6) is 0 Å². The molecule has 0 fully saturated rings. The van der Waals surface area contributed by atoms with Crippen LogP contribution < -0.4 is 5.32 Å². The lowest BCUT2D eigenvalue weighted by molar-refractivity contribution is 0.470. The molecule has 2 rings (SSSR count). The fourth-order valence-corrected chi connectivity index (χ4v) is 2.78. The summed E-state index contributed by atoms with van der Waals surface area (Å²) >= 11 is 1.61. The summed E-state index contributed by atoms with van der Waals surface area (Å²) in [5, 5.41) is 15.0. The van der Waals surface area contributed by atoms with Crippen LogP contribution in [0.1, 0.15) is 28.8 Å². The predicted octanol–water partition coefficient (Wildman–Crippen LogP) is 3.06. The van der Waals surface area contributed by atoms with Gasteiger partial charge in [-0.25, -0.2) is 14.4 Å². The molecular formula is C17H20FN5S. The van der Waals surface area contributed by atoms with Gasteiger partial charge in [-0.2, -0.15) is 5.26 Å². The van der Waals surface area contributed by atoms with Gasteiger partial charge in [-0.05, 0) is 26.0 Å². The summed E-state index contributed by atoms with van der Waals surface area (Å²) in [6.45, 7) is 5.52. The van der Waals surface area contributed by atoms with Crippen molar-refractivity contribution in [3.05, 3.63) is 51.2 Å². The first kappa shape index (κ1) is 17.9. The molecule has 1 aromatic carbocycles. The van der Waals surface area contributed by atoms with E-state index in [1.165, 1.54) is 6.07 Å². The molecule has 126 valence electrons. The third-order valence-electron chi connectivity index (χ3n) is 3.34. The van der Waals surface area contributed by atoms with Crippen LogP contribution in [0.15, 0.2) is 28.6 Å². The zero-order valence-electron chi connectivity index (χ0n) is 14.0. The lowest BCUT2D eigenvalue weighted by Gasteiger charge is -2.21. The number of hydrogen-bond donors (Lipinski definition) is 1. The number of benzene rings is 1. The van der Waals surface area contributed by atoms with Gasteiger partial charge in [0.1, 0.15) is 5.82 Å². The van der Waals surface area contributed by atoms with E-state index in [0.29, 0.717) is 23.6 Å². The zero-order chi connectivity index (χ0) is 17.5. The van der Waals surface area contributed by atoms with Crippen LogP contribution >= 0.6 is 11.3 Å². The van der Waals surface area contributed by atoms with E-state index in [1.54, 1.807) is 23.5 Å². The third-order valence-corrected chi connectivity index (χ3v) is 4.17. The number of nitriles is 1. The smallest absolute Gasteiger partial charge is 0.194 e. The Morgan fingerprint density at radius 2 is 2.29 bits per heavy atom. The van der Waals surface area contributed by atoms with Gasteiger partial charge in [0.2, 0.25) is 0 Å². The first-order valence-electron chi connectivity index (χ1n) is 7.62. The van der Waals surface area contributed by atoms with E-state index in [-0.39, 0.29) is 6.54 Å². The molecule has 0 aliphatic rings. The predicted molar refractivity (Wildman–Crippen MR) is 94.2 cm³/mol. The van der Waals surface area contributed by atoms with E-state index in [2.05, 4.69) is 15.3 Å². The molecule has 0 atom stereocenters. The lowest BCUT2D eigenvalue weighted by Crippen LogP contribution is -2.38. The molecule has 0 spiro atoms. The molecule has 0 unspecified atom stereocenters. The number of guanidine groups is 1. The Balaban J connectivity index is 2.11. The highest BCUT2D eigenvalue weighted by molar-refractivity contribution is 7.09. The number of nitrogens with zero attached hydrogens (tertiary/aromatic N) is 4. The topological polar surface area (TPSA) is 64.3 Å². The molecule has 1 heterocycles. The SMILES string of the molecule is CCNC(=NCc1ccc(C#N)cc1F)N(C)Cc1csc(C)n1. The summed E-state index contributed by atoms with van der Waals surface area (Å²) in [6.07, 6.45) is 0. The van der Waals surface area contributed by atoms with Crippen molar-refractivity contribution in [1.29, 1.82) is 5.26 Å². The maximum absolute atomic E-state index is 14.0. The maximum atomic E-state index is 14.0. The van der Waals surface area contributed by atoms with Crippen LogP contribution in [0.4, 0.5) is 4.39 Å². The standard InChI is InChI=1S/C17H20FN5S/c1-4-20-17(23(3)10-15-11-24-12(2)22-15)21-9-14-6-5-13(8-19)7-16(14)18/h5-7,11H,4,9-10H2,1-3H3,(H,20,21). The average Bonchev–Trinajstić information content (AvgIpc) is 2.97. The molecule has 24 heavy (non-hydrogen) atoms. The molecule has 0 amide bonds. The van der Waals surface area contributed by atoms with Gasteiger partial charge in [0.25, 0.3) is 0 Å². The second kappa shape index (κ2) is 8.41. The fourth-order valence-electron chi connectivity index (χ4n) is 2.17. The summed E-state index contributed by atoms with van der Waals surface area (Å²) < 4.78 is 14.0. The van der Waals surface area contributed by atoms with Gasteiger partial charge in [0.05, 0.1) is 35.4 Å². The second-order valence-electron chi connectivity index (χ2n) is 5.30. The van der Waals surface area contributed by atoms with Crippen molar-refractivity contribution in [1.82, 2.24) is 15.2 Å². The van der Waals surface area contributed by atoms with E-state index < -0.39 is 5.82 Å². The van der Waals surface area contributed by atoms with E-state index in [4.69, 9.17) is 5.26 Å². The average molecular weight is 345 g/mol. The van der Waals surface area contributed by atoms with Crippen LogP contribution in [0.3, 0.4) is 0 Å². The number of halogens is 1. The molecule has 0 saturated heterocycles. The number of rotatable bonds is 5. The minimum Gasteiger partial charge on any atom is -0.357 e. The molecule has 2 aromatic rings. The Hall–Kier alpha value is -2.46. The van der Waals surface area contributed by atoms with Crippen molar-refractivity contribution in [3.8, 4) is 6.07 Å². The van der Waals surface area contributed by atoms with Crippen LogP contribution in [-0.4, -0.2) is 29.4 Å². The van der Waals surface area contributed by atoms with E-state index >= 15 is 0 Å². The summed E-state index contributed by atoms with van der Waals surface area (Å²) in [5.41, 5.74) is 1.75. The molecule has 0 aliphatic carbocycles. The van der Waals surface area contributed by atoms with Crippen molar-refractivity contribution in [2.75, 3.05) is 13.6 Å². The molecule has 1 aromatic heterocycles. The summed E-state index contributed by atoms with van der Waals surface area (Å²) in [5.74, 6) is 0.276. The van der Waals surface area contributed by atoms with Crippen LogP contribution in [0.2, 0.25) is 0 Å². The highest BCUT2D eigenvalue weighted by Gasteiger charge is 2.09. The minimum atomic E-state index is -0.411. The van der Waals surface area contributed by atoms with Crippen molar-refractivity contribution >= 4 is 17.3 Å². The first-order chi connectivity index (χ1) is 11.5. The quantitative estimate of drug-likeness (QED) is 0.668.